The molecule has 2 saturated heterocycles. The molecular weight excluding hydrogens is 404 g/mol. The lowest BCUT2D eigenvalue weighted by molar-refractivity contribution is 0.0405. The number of methoxy groups -OCH3 is 1. The highest BCUT2D eigenvalue weighted by atomic mass is 16.6. The van der Waals surface area contributed by atoms with Gasteiger partial charge in [-0.25, -0.2) is 0 Å². The lowest BCUT2D eigenvalue weighted by Gasteiger charge is -2.38. The molecule has 32 heavy (non-hydrogen) atoms. The summed E-state index contributed by atoms with van der Waals surface area (Å²) in [5.74, 6) is 1.17. The minimum Gasteiger partial charge on any atom is -0.468 e. The second-order valence-electron chi connectivity index (χ2n) is 9.48. The van der Waals surface area contributed by atoms with Gasteiger partial charge in [0.2, 0.25) is 0 Å². The molecule has 172 valence electrons. The number of amides is 1. The van der Waals surface area contributed by atoms with Crippen molar-refractivity contribution >= 4 is 5.91 Å². The van der Waals surface area contributed by atoms with Gasteiger partial charge in [0.05, 0.1) is 13.2 Å². The van der Waals surface area contributed by atoms with E-state index in [1.54, 1.807) is 19.2 Å². The van der Waals surface area contributed by atoms with Crippen LogP contribution in [0.5, 0.6) is 5.95 Å². The quantitative estimate of drug-likeness (QED) is 0.658. The number of piperidine rings is 1. The topological polar surface area (TPSA) is 55.2 Å². The average molecular weight is 439 g/mol. The van der Waals surface area contributed by atoms with Gasteiger partial charge in [0.1, 0.15) is 0 Å². The fourth-order valence-electron chi connectivity index (χ4n) is 5.58. The van der Waals surface area contributed by atoms with Crippen molar-refractivity contribution < 1.29 is 18.7 Å². The number of furan rings is 1. The van der Waals surface area contributed by atoms with Crippen LogP contribution in [0.15, 0.2) is 40.8 Å². The first kappa shape index (κ1) is 21.5. The van der Waals surface area contributed by atoms with Gasteiger partial charge in [0, 0.05) is 31.8 Å². The van der Waals surface area contributed by atoms with E-state index >= 15 is 0 Å². The van der Waals surface area contributed by atoms with E-state index in [1.165, 1.54) is 24.0 Å². The minimum absolute atomic E-state index is 0.0579. The van der Waals surface area contributed by atoms with E-state index in [-0.39, 0.29) is 12.0 Å². The molecule has 6 heteroatoms. The van der Waals surface area contributed by atoms with Gasteiger partial charge >= 0.3 is 0 Å². The van der Waals surface area contributed by atoms with Crippen molar-refractivity contribution in [2.24, 2.45) is 5.92 Å². The Bertz CT molecular complexity index is 887. The summed E-state index contributed by atoms with van der Waals surface area (Å²) in [7, 11) is 1.55. The number of nitrogens with zero attached hydrogens (tertiary/aromatic N) is 2. The third-order valence-electron chi connectivity index (χ3n) is 7.40. The molecule has 1 atom stereocenters. The van der Waals surface area contributed by atoms with Crippen LogP contribution in [0.1, 0.15) is 47.4 Å². The molecule has 0 N–H and O–H groups in total. The summed E-state index contributed by atoms with van der Waals surface area (Å²) >= 11 is 0. The SMILES string of the molecule is COc1ccc(C(=O)N(CC2CCN(C3Cc4ccccc4C3)CC2)CC2CCCO2)o1. The molecule has 0 spiro atoms. The normalized spacial score (nSPS) is 22.2. The Labute approximate surface area is 190 Å². The van der Waals surface area contributed by atoms with Crippen molar-refractivity contribution in [3.05, 3.63) is 53.3 Å². The van der Waals surface area contributed by atoms with E-state index in [9.17, 15) is 4.79 Å². The van der Waals surface area contributed by atoms with Crippen molar-refractivity contribution in [3.63, 3.8) is 0 Å². The summed E-state index contributed by atoms with van der Waals surface area (Å²) in [5, 5.41) is 0. The van der Waals surface area contributed by atoms with Crippen molar-refractivity contribution in [1.29, 1.82) is 0 Å². The molecule has 6 nitrogen and oxygen atoms in total. The van der Waals surface area contributed by atoms with Crippen LogP contribution in [-0.4, -0.2) is 67.7 Å². The minimum atomic E-state index is -0.0579. The van der Waals surface area contributed by atoms with Crippen LogP contribution < -0.4 is 4.74 Å². The molecule has 1 aromatic carbocycles. The van der Waals surface area contributed by atoms with E-state index in [1.807, 2.05) is 4.90 Å². The number of hydrogen-bond donors (Lipinski definition) is 0. The Kier molecular flexibility index (Phi) is 6.51. The molecule has 5 rings (SSSR count). The van der Waals surface area contributed by atoms with Gasteiger partial charge in [-0.2, -0.15) is 0 Å². The average Bonchev–Trinajstić information content (AvgIpc) is 3.59. The first-order chi connectivity index (χ1) is 15.7. The monoisotopic (exact) mass is 438 g/mol. The van der Waals surface area contributed by atoms with Crippen molar-refractivity contribution in [2.45, 2.75) is 50.7 Å². The van der Waals surface area contributed by atoms with E-state index in [4.69, 9.17) is 13.9 Å². The molecule has 3 heterocycles. The zero-order chi connectivity index (χ0) is 21.9. The van der Waals surface area contributed by atoms with Gasteiger partial charge in [0.15, 0.2) is 5.76 Å². The molecule has 2 aromatic rings. The van der Waals surface area contributed by atoms with Crippen LogP contribution in [0.4, 0.5) is 0 Å². The summed E-state index contributed by atoms with van der Waals surface area (Å²) in [6, 6.07) is 12.9. The molecule has 2 fully saturated rings. The highest BCUT2D eigenvalue weighted by molar-refractivity contribution is 5.91. The maximum atomic E-state index is 13.2. The van der Waals surface area contributed by atoms with Crippen LogP contribution in [-0.2, 0) is 17.6 Å². The second-order valence-corrected chi connectivity index (χ2v) is 9.48. The van der Waals surface area contributed by atoms with Crippen LogP contribution in [0, 0.1) is 5.92 Å². The first-order valence-electron chi connectivity index (χ1n) is 12.0. The predicted molar refractivity (Wildman–Crippen MR) is 122 cm³/mol. The molecule has 1 aromatic heterocycles. The number of carbonyl (C=O) groups excluding carboxylic acids is 1. The van der Waals surface area contributed by atoms with Gasteiger partial charge in [-0.1, -0.05) is 24.3 Å². The molecule has 1 unspecified atom stereocenters. The molecule has 2 aliphatic heterocycles. The van der Waals surface area contributed by atoms with Crippen LogP contribution in [0.25, 0.3) is 0 Å². The Morgan fingerprint density at radius 2 is 1.81 bits per heavy atom. The zero-order valence-electron chi connectivity index (χ0n) is 19.0. The van der Waals surface area contributed by atoms with Crippen molar-refractivity contribution in [2.75, 3.05) is 39.9 Å². The fraction of sp³-hybridized carbons (Fsp3) is 0.577. The molecular formula is C26H34N2O4. The number of likely N-dealkylation sites (tertiary alicyclic amines) is 1. The Morgan fingerprint density at radius 1 is 1.06 bits per heavy atom. The first-order valence-corrected chi connectivity index (χ1v) is 12.0. The summed E-state index contributed by atoms with van der Waals surface area (Å²) < 4.78 is 16.5. The summed E-state index contributed by atoms with van der Waals surface area (Å²) in [4.78, 5) is 17.9. The molecule has 3 aliphatic rings. The highest BCUT2D eigenvalue weighted by Gasteiger charge is 2.32. The molecule has 0 radical (unpaired) electrons. The lowest BCUT2D eigenvalue weighted by Crippen LogP contribution is -2.46. The molecule has 1 aliphatic carbocycles. The molecule has 0 saturated carbocycles. The van der Waals surface area contributed by atoms with E-state index in [0.29, 0.717) is 30.2 Å². The zero-order valence-corrected chi connectivity index (χ0v) is 19.0. The van der Waals surface area contributed by atoms with E-state index in [2.05, 4.69) is 29.2 Å². The smallest absolute Gasteiger partial charge is 0.289 e. The Morgan fingerprint density at radius 3 is 2.44 bits per heavy atom. The summed E-state index contributed by atoms with van der Waals surface area (Å²) in [5.41, 5.74) is 3.03. The summed E-state index contributed by atoms with van der Waals surface area (Å²) in [6.07, 6.45) is 6.82. The van der Waals surface area contributed by atoms with Crippen LogP contribution in [0.2, 0.25) is 0 Å². The van der Waals surface area contributed by atoms with E-state index < -0.39 is 0 Å². The van der Waals surface area contributed by atoms with Gasteiger partial charge in [0.25, 0.3) is 11.9 Å². The number of benzene rings is 1. The van der Waals surface area contributed by atoms with Crippen molar-refractivity contribution in [3.8, 4) is 5.95 Å². The standard InChI is InChI=1S/C26H34N2O4/c1-30-25-9-8-24(32-25)26(29)28(18-23-7-4-14-31-23)17-19-10-12-27(13-11-19)22-15-20-5-2-3-6-21(20)16-22/h2-3,5-6,8-9,19,22-23H,4,7,10-18H2,1H3. The third-order valence-corrected chi connectivity index (χ3v) is 7.40. The van der Waals surface area contributed by atoms with Gasteiger partial charge in [-0.15, -0.1) is 0 Å². The van der Waals surface area contributed by atoms with Crippen LogP contribution >= 0.6 is 0 Å². The number of fused-ring (bicyclic) bond motifs is 1. The maximum Gasteiger partial charge on any atom is 0.289 e. The van der Waals surface area contributed by atoms with Gasteiger partial charge in [-0.3, -0.25) is 9.69 Å². The highest BCUT2D eigenvalue weighted by Crippen LogP contribution is 2.29. The van der Waals surface area contributed by atoms with Crippen LogP contribution in [0.3, 0.4) is 0 Å². The number of ether oxygens (including phenoxy) is 2. The second kappa shape index (κ2) is 9.67. The molecule has 0 bridgehead atoms. The van der Waals surface area contributed by atoms with Crippen molar-refractivity contribution in [1.82, 2.24) is 9.80 Å². The third kappa shape index (κ3) is 4.71. The number of carbonyl (C=O) groups is 1. The molecule has 1 amide bonds. The predicted octanol–water partition coefficient (Wildman–Crippen LogP) is 3.79. The largest absolute Gasteiger partial charge is 0.468 e. The fourth-order valence-corrected chi connectivity index (χ4v) is 5.58. The number of rotatable bonds is 7. The van der Waals surface area contributed by atoms with Gasteiger partial charge in [-0.05, 0) is 74.7 Å². The summed E-state index contributed by atoms with van der Waals surface area (Å²) in [6.45, 7) is 4.42. The Balaban J connectivity index is 1.19. The number of hydrogen-bond acceptors (Lipinski definition) is 5. The van der Waals surface area contributed by atoms with E-state index in [0.717, 1.165) is 51.9 Å². The van der Waals surface area contributed by atoms with Gasteiger partial charge < -0.3 is 18.8 Å². The maximum absolute atomic E-state index is 13.2. The Hall–Kier alpha value is -2.31. The lowest BCUT2D eigenvalue weighted by atomic mass is 9.94.